The number of phosphoric ester groups is 1. The zero-order valence-electron chi connectivity index (χ0n) is 15.8. The molecule has 1 saturated heterocycles. The molecule has 6 unspecified atom stereocenters. The first-order valence-electron chi connectivity index (χ1n) is 8.24. The van der Waals surface area contributed by atoms with Gasteiger partial charge in [0.1, 0.15) is 24.6 Å². The van der Waals surface area contributed by atoms with Crippen LogP contribution in [0.4, 0.5) is 0 Å². The minimum absolute atomic E-state index is 0.131. The third-order valence-electron chi connectivity index (χ3n) is 3.95. The van der Waals surface area contributed by atoms with Crippen molar-refractivity contribution in [2.24, 2.45) is 0 Å². The molecule has 0 amide bonds. The number of hydrogen-bond donors (Lipinski definition) is 6. The molecule has 0 radical (unpaired) electrons. The number of phosphoric acid groups is 3. The number of imidazole rings is 1. The first-order valence-corrected chi connectivity index (χ1v) is 12.8. The lowest BCUT2D eigenvalue weighted by Gasteiger charge is -2.19. The van der Waals surface area contributed by atoms with Crippen molar-refractivity contribution in [2.75, 3.05) is 13.7 Å². The number of methoxy groups -OCH3 is 1. The standard InChI is InChI=1S/C11H17N4O14P3/c1-25-10-6-9(12-3-13-10)15(4-14-6)11-8(17)7(16)5(27-11)2-26-31(21,22)29-32(23,24)28-30(18,19)20/h3-5,7-8,11,16-17H,2H2,1H3,(H,21,22)(H,23,24)(H2,18,19,20). The van der Waals surface area contributed by atoms with Crippen LogP contribution in [-0.2, 0) is 31.6 Å². The van der Waals surface area contributed by atoms with Crippen LogP contribution >= 0.6 is 23.5 Å². The van der Waals surface area contributed by atoms with Crippen molar-refractivity contribution in [3.05, 3.63) is 12.7 Å². The van der Waals surface area contributed by atoms with Gasteiger partial charge in [-0.05, 0) is 0 Å². The lowest BCUT2D eigenvalue weighted by atomic mass is 10.1. The second kappa shape index (κ2) is 9.12. The Morgan fingerprint density at radius 2 is 1.72 bits per heavy atom. The Bertz CT molecular complexity index is 1120. The highest BCUT2D eigenvalue weighted by atomic mass is 31.3. The fraction of sp³-hybridized carbons (Fsp3) is 0.545. The molecule has 0 spiro atoms. The smallest absolute Gasteiger partial charge is 0.479 e. The van der Waals surface area contributed by atoms with E-state index in [1.807, 2.05) is 0 Å². The minimum atomic E-state index is -5.70. The summed E-state index contributed by atoms with van der Waals surface area (Å²) in [6.07, 6.45) is -3.64. The third-order valence-corrected chi connectivity index (χ3v) is 7.75. The van der Waals surface area contributed by atoms with Gasteiger partial charge in [0.2, 0.25) is 5.88 Å². The third kappa shape index (κ3) is 5.76. The topological polar surface area (TPSA) is 262 Å². The van der Waals surface area contributed by atoms with E-state index in [0.29, 0.717) is 0 Å². The van der Waals surface area contributed by atoms with Crippen molar-refractivity contribution in [2.45, 2.75) is 24.5 Å². The van der Waals surface area contributed by atoms with Crippen LogP contribution in [0.3, 0.4) is 0 Å². The van der Waals surface area contributed by atoms with Gasteiger partial charge in [0.15, 0.2) is 17.4 Å². The number of fused-ring (bicyclic) bond motifs is 1. The van der Waals surface area contributed by atoms with Crippen LogP contribution < -0.4 is 4.74 Å². The Morgan fingerprint density at radius 1 is 1.03 bits per heavy atom. The summed E-state index contributed by atoms with van der Waals surface area (Å²) in [6.45, 7) is -0.955. The maximum Gasteiger partial charge on any atom is 0.490 e. The molecule has 3 heterocycles. The molecular formula is C11H17N4O14P3. The van der Waals surface area contributed by atoms with Gasteiger partial charge in [-0.25, -0.2) is 23.7 Å². The quantitative estimate of drug-likeness (QED) is 0.211. The van der Waals surface area contributed by atoms with Crippen LogP contribution in [-0.4, -0.2) is 81.3 Å². The van der Waals surface area contributed by atoms with Crippen molar-refractivity contribution in [3.63, 3.8) is 0 Å². The van der Waals surface area contributed by atoms with Gasteiger partial charge in [0.05, 0.1) is 20.0 Å². The fourth-order valence-electron chi connectivity index (χ4n) is 2.73. The summed E-state index contributed by atoms with van der Waals surface area (Å²) in [6, 6.07) is 0. The van der Waals surface area contributed by atoms with Gasteiger partial charge < -0.3 is 39.3 Å². The number of aromatic nitrogens is 4. The van der Waals surface area contributed by atoms with Crippen molar-refractivity contribution < 1.29 is 66.1 Å². The van der Waals surface area contributed by atoms with Gasteiger partial charge >= 0.3 is 23.5 Å². The highest BCUT2D eigenvalue weighted by Gasteiger charge is 2.47. The second-order valence-electron chi connectivity index (χ2n) is 6.14. The van der Waals surface area contributed by atoms with Crippen LogP contribution in [0.1, 0.15) is 6.23 Å². The molecule has 2 aromatic heterocycles. The summed E-state index contributed by atoms with van der Waals surface area (Å²) in [4.78, 5) is 47.6. The van der Waals surface area contributed by atoms with Crippen LogP contribution in [0.25, 0.3) is 11.2 Å². The maximum atomic E-state index is 11.8. The highest BCUT2D eigenvalue weighted by Crippen LogP contribution is 2.66. The lowest BCUT2D eigenvalue weighted by Crippen LogP contribution is -2.33. The molecule has 3 rings (SSSR count). The van der Waals surface area contributed by atoms with Crippen molar-refractivity contribution >= 4 is 34.6 Å². The number of aliphatic hydroxyl groups excluding tert-OH is 2. The average Bonchev–Trinajstić information content (AvgIpc) is 3.19. The van der Waals surface area contributed by atoms with E-state index in [4.69, 9.17) is 24.2 Å². The van der Waals surface area contributed by atoms with Crippen molar-refractivity contribution in [3.8, 4) is 5.88 Å². The zero-order valence-corrected chi connectivity index (χ0v) is 18.4. The van der Waals surface area contributed by atoms with Crippen LogP contribution in [0.5, 0.6) is 5.88 Å². The summed E-state index contributed by atoms with van der Waals surface area (Å²) in [5, 5.41) is 20.5. The van der Waals surface area contributed by atoms with Crippen molar-refractivity contribution in [1.29, 1.82) is 0 Å². The molecule has 21 heteroatoms. The molecule has 1 aliphatic heterocycles. The molecule has 0 aliphatic carbocycles. The molecule has 180 valence electrons. The van der Waals surface area contributed by atoms with Gasteiger partial charge in [-0.15, -0.1) is 0 Å². The summed E-state index contributed by atoms with van der Waals surface area (Å²) in [7, 11) is -15.3. The molecule has 0 bridgehead atoms. The van der Waals surface area contributed by atoms with E-state index in [0.717, 1.165) is 6.33 Å². The van der Waals surface area contributed by atoms with Crippen molar-refractivity contribution in [1.82, 2.24) is 19.5 Å². The number of rotatable bonds is 9. The maximum absolute atomic E-state index is 11.8. The van der Waals surface area contributed by atoms with Gasteiger partial charge in [-0.1, -0.05) is 0 Å². The lowest BCUT2D eigenvalue weighted by molar-refractivity contribution is -0.0503. The van der Waals surface area contributed by atoms with Gasteiger partial charge in [-0.2, -0.15) is 13.6 Å². The molecule has 0 aromatic carbocycles. The minimum Gasteiger partial charge on any atom is -0.479 e. The average molecular weight is 522 g/mol. The highest BCUT2D eigenvalue weighted by molar-refractivity contribution is 7.66. The molecule has 6 N–H and O–H groups in total. The van der Waals surface area contributed by atoms with Gasteiger partial charge in [0, 0.05) is 0 Å². The normalized spacial score (nSPS) is 27.8. The van der Waals surface area contributed by atoms with E-state index in [9.17, 15) is 28.8 Å². The van der Waals surface area contributed by atoms with Crippen LogP contribution in [0.2, 0.25) is 0 Å². The zero-order chi connectivity index (χ0) is 23.9. The SMILES string of the molecule is COc1ncnc2c1ncn2C1OC(COP(=O)(O)OP(=O)(O)OP(=O)(O)O)C(O)C1O. The molecule has 1 fully saturated rings. The number of ether oxygens (including phenoxy) is 2. The second-order valence-corrected chi connectivity index (χ2v) is 10.6. The van der Waals surface area contributed by atoms with E-state index in [1.54, 1.807) is 0 Å². The van der Waals surface area contributed by atoms with E-state index in [2.05, 4.69) is 28.1 Å². The molecule has 0 saturated carbocycles. The van der Waals surface area contributed by atoms with E-state index in [-0.39, 0.29) is 17.0 Å². The Kier molecular flexibility index (Phi) is 7.20. The molecule has 32 heavy (non-hydrogen) atoms. The summed E-state index contributed by atoms with van der Waals surface area (Å²) in [5.74, 6) is 0.131. The number of aliphatic hydroxyl groups is 2. The first-order chi connectivity index (χ1) is 14.7. The van der Waals surface area contributed by atoms with Crippen LogP contribution in [0, 0.1) is 0 Å². The largest absolute Gasteiger partial charge is 0.490 e. The Labute approximate surface area is 177 Å². The summed E-state index contributed by atoms with van der Waals surface area (Å²) in [5.41, 5.74) is 0.388. The first kappa shape index (κ1) is 25.3. The number of hydrogen-bond acceptors (Lipinski definition) is 13. The fourth-order valence-corrected chi connectivity index (χ4v) is 5.76. The van der Waals surface area contributed by atoms with E-state index in [1.165, 1.54) is 18.0 Å². The summed E-state index contributed by atoms with van der Waals surface area (Å²) < 4.78 is 57.1. The van der Waals surface area contributed by atoms with E-state index < -0.39 is 54.6 Å². The molecule has 18 nitrogen and oxygen atoms in total. The predicted molar refractivity (Wildman–Crippen MR) is 97.6 cm³/mol. The molecular weight excluding hydrogens is 505 g/mol. The predicted octanol–water partition coefficient (Wildman–Crippen LogP) is -1.20. The molecule has 6 atom stereocenters. The Hall–Kier alpha value is -1.36. The van der Waals surface area contributed by atoms with E-state index >= 15 is 0 Å². The molecule has 2 aromatic rings. The number of nitrogens with zero attached hydrogens (tertiary/aromatic N) is 4. The Morgan fingerprint density at radius 3 is 2.34 bits per heavy atom. The van der Waals surface area contributed by atoms with Gasteiger partial charge in [0.25, 0.3) is 0 Å². The monoisotopic (exact) mass is 522 g/mol. The molecule has 1 aliphatic rings. The Balaban J connectivity index is 1.70. The summed E-state index contributed by atoms with van der Waals surface area (Å²) >= 11 is 0. The van der Waals surface area contributed by atoms with Crippen LogP contribution in [0.15, 0.2) is 12.7 Å². The van der Waals surface area contributed by atoms with Gasteiger partial charge in [-0.3, -0.25) is 9.09 Å².